The molecule has 0 fully saturated rings. The first-order valence-electron chi connectivity index (χ1n) is 8.02. The topological polar surface area (TPSA) is 55.4 Å². The first-order valence-corrected chi connectivity index (χ1v) is 8.81. The normalized spacial score (nSPS) is 12.4. The van der Waals surface area contributed by atoms with Gasteiger partial charge in [0.1, 0.15) is 5.75 Å². The van der Waals surface area contributed by atoms with Crippen molar-refractivity contribution in [2.24, 2.45) is 0 Å². The third kappa shape index (κ3) is 2.61. The average molecular weight is 408 g/mol. The molecule has 3 aromatic carbocycles. The van der Waals surface area contributed by atoms with Crippen molar-refractivity contribution in [2.45, 2.75) is 0 Å². The van der Waals surface area contributed by atoms with Crippen LogP contribution in [0.1, 0.15) is 31.8 Å². The van der Waals surface area contributed by atoms with Gasteiger partial charge in [0.05, 0.1) is 24.0 Å². The molecule has 128 valence electrons. The molecule has 0 saturated carbocycles. The lowest BCUT2D eigenvalue weighted by Gasteiger charge is -2.22. The molecule has 0 spiro atoms. The standard InChI is InChI=1S/C21H14BrNO3/c1-26-18-9-5-4-8-16(18)23-17-11-12(22)10-15-19(17)21(25)14-7-3-2-6-13(14)20(15)24/h2-11,23H,1H3. The van der Waals surface area contributed by atoms with E-state index in [1.54, 1.807) is 43.5 Å². The van der Waals surface area contributed by atoms with Gasteiger partial charge in [0.25, 0.3) is 0 Å². The van der Waals surface area contributed by atoms with E-state index in [0.717, 1.165) is 5.69 Å². The lowest BCUT2D eigenvalue weighted by atomic mass is 9.83. The summed E-state index contributed by atoms with van der Waals surface area (Å²) in [5.41, 5.74) is 2.91. The Morgan fingerprint density at radius 2 is 1.46 bits per heavy atom. The van der Waals surface area contributed by atoms with Crippen LogP contribution in [0.4, 0.5) is 11.4 Å². The van der Waals surface area contributed by atoms with Gasteiger partial charge in [-0.25, -0.2) is 0 Å². The maximum absolute atomic E-state index is 13.1. The minimum Gasteiger partial charge on any atom is -0.495 e. The largest absolute Gasteiger partial charge is 0.495 e. The van der Waals surface area contributed by atoms with E-state index in [9.17, 15) is 9.59 Å². The highest BCUT2D eigenvalue weighted by atomic mass is 79.9. The fraction of sp³-hybridized carbons (Fsp3) is 0.0476. The third-order valence-corrected chi connectivity index (χ3v) is 4.83. The molecule has 0 amide bonds. The smallest absolute Gasteiger partial charge is 0.196 e. The van der Waals surface area contributed by atoms with Crippen LogP contribution >= 0.6 is 15.9 Å². The number of rotatable bonds is 3. The number of methoxy groups -OCH3 is 1. The molecular weight excluding hydrogens is 394 g/mol. The molecule has 0 bridgehead atoms. The second kappa shape index (κ2) is 6.42. The maximum Gasteiger partial charge on any atom is 0.196 e. The lowest BCUT2D eigenvalue weighted by molar-refractivity contribution is 0.0979. The number of para-hydroxylation sites is 2. The quantitative estimate of drug-likeness (QED) is 0.520. The number of ether oxygens (including phenoxy) is 1. The number of nitrogens with one attached hydrogen (secondary N) is 1. The molecule has 1 N–H and O–H groups in total. The second-order valence-corrected chi connectivity index (χ2v) is 6.82. The highest BCUT2D eigenvalue weighted by Gasteiger charge is 2.32. The van der Waals surface area contributed by atoms with Gasteiger partial charge in [-0.1, -0.05) is 52.3 Å². The summed E-state index contributed by atoms with van der Waals surface area (Å²) in [5.74, 6) is 0.330. The minimum atomic E-state index is -0.167. The summed E-state index contributed by atoms with van der Waals surface area (Å²) in [6.45, 7) is 0. The van der Waals surface area contributed by atoms with Gasteiger partial charge in [-0.15, -0.1) is 0 Å². The van der Waals surface area contributed by atoms with Crippen LogP contribution in [0.5, 0.6) is 5.75 Å². The Balaban J connectivity index is 1.90. The average Bonchev–Trinajstić information content (AvgIpc) is 2.66. The summed E-state index contributed by atoms with van der Waals surface area (Å²) in [6.07, 6.45) is 0. The minimum absolute atomic E-state index is 0.153. The molecule has 1 aliphatic carbocycles. The predicted molar refractivity (Wildman–Crippen MR) is 104 cm³/mol. The Hall–Kier alpha value is -2.92. The van der Waals surface area contributed by atoms with Crippen molar-refractivity contribution < 1.29 is 14.3 Å². The zero-order valence-corrected chi connectivity index (χ0v) is 15.5. The van der Waals surface area contributed by atoms with Crippen molar-refractivity contribution >= 4 is 38.9 Å². The van der Waals surface area contributed by atoms with Crippen LogP contribution < -0.4 is 10.1 Å². The number of carbonyl (C=O) groups is 2. The van der Waals surface area contributed by atoms with Crippen molar-refractivity contribution in [3.8, 4) is 5.75 Å². The molecule has 0 unspecified atom stereocenters. The van der Waals surface area contributed by atoms with Crippen LogP contribution in [-0.4, -0.2) is 18.7 Å². The van der Waals surface area contributed by atoms with Gasteiger partial charge in [0.2, 0.25) is 0 Å². The molecule has 4 rings (SSSR count). The van der Waals surface area contributed by atoms with Gasteiger partial charge in [0.15, 0.2) is 11.6 Å². The van der Waals surface area contributed by atoms with E-state index in [-0.39, 0.29) is 11.6 Å². The van der Waals surface area contributed by atoms with Gasteiger partial charge in [-0.05, 0) is 24.3 Å². The number of benzene rings is 3. The SMILES string of the molecule is COc1ccccc1Nc1cc(Br)cc2c1C(=O)c1ccccc1C2=O. The molecule has 0 aliphatic heterocycles. The van der Waals surface area contributed by atoms with E-state index in [0.29, 0.717) is 38.2 Å². The maximum atomic E-state index is 13.1. The Labute approximate surface area is 158 Å². The second-order valence-electron chi connectivity index (χ2n) is 5.91. The summed E-state index contributed by atoms with van der Waals surface area (Å²) in [6, 6.07) is 17.8. The van der Waals surface area contributed by atoms with E-state index in [2.05, 4.69) is 21.2 Å². The van der Waals surface area contributed by atoms with Gasteiger partial charge in [-0.3, -0.25) is 9.59 Å². The molecule has 26 heavy (non-hydrogen) atoms. The van der Waals surface area contributed by atoms with Gasteiger partial charge in [-0.2, -0.15) is 0 Å². The number of carbonyl (C=O) groups excluding carboxylic acids is 2. The molecule has 0 radical (unpaired) electrons. The van der Waals surface area contributed by atoms with Crippen LogP contribution in [0.2, 0.25) is 0 Å². The van der Waals surface area contributed by atoms with Crippen molar-refractivity contribution in [3.05, 3.63) is 87.4 Å². The van der Waals surface area contributed by atoms with E-state index < -0.39 is 0 Å². The fourth-order valence-electron chi connectivity index (χ4n) is 3.18. The highest BCUT2D eigenvalue weighted by molar-refractivity contribution is 9.10. The van der Waals surface area contributed by atoms with Crippen molar-refractivity contribution in [2.75, 3.05) is 12.4 Å². The molecular formula is C21H14BrNO3. The molecule has 0 heterocycles. The number of fused-ring (bicyclic) bond motifs is 2. The first kappa shape index (κ1) is 16.5. The molecule has 1 aliphatic rings. The predicted octanol–water partition coefficient (Wildman–Crippen LogP) is 4.98. The third-order valence-electron chi connectivity index (χ3n) is 4.37. The Morgan fingerprint density at radius 1 is 0.808 bits per heavy atom. The number of ketones is 2. The highest BCUT2D eigenvalue weighted by Crippen LogP contribution is 2.37. The number of hydrogen-bond donors (Lipinski definition) is 1. The Bertz CT molecular complexity index is 1060. The summed E-state index contributed by atoms with van der Waals surface area (Å²) in [4.78, 5) is 26.0. The summed E-state index contributed by atoms with van der Waals surface area (Å²) < 4.78 is 6.09. The molecule has 4 nitrogen and oxygen atoms in total. The zero-order chi connectivity index (χ0) is 18.3. The van der Waals surface area contributed by atoms with Crippen molar-refractivity contribution in [1.82, 2.24) is 0 Å². The van der Waals surface area contributed by atoms with E-state index in [1.807, 2.05) is 24.3 Å². The van der Waals surface area contributed by atoms with Gasteiger partial charge in [0, 0.05) is 21.2 Å². The Kier molecular flexibility index (Phi) is 4.09. The van der Waals surface area contributed by atoms with E-state index in [1.165, 1.54) is 0 Å². The van der Waals surface area contributed by atoms with E-state index >= 15 is 0 Å². The molecule has 0 atom stereocenters. The van der Waals surface area contributed by atoms with Crippen LogP contribution in [-0.2, 0) is 0 Å². The van der Waals surface area contributed by atoms with Crippen LogP contribution in [0, 0.1) is 0 Å². The van der Waals surface area contributed by atoms with Gasteiger partial charge < -0.3 is 10.1 Å². The molecule has 3 aromatic rings. The molecule has 5 heteroatoms. The molecule has 0 saturated heterocycles. The summed E-state index contributed by atoms with van der Waals surface area (Å²) >= 11 is 3.44. The molecule has 0 aromatic heterocycles. The summed E-state index contributed by atoms with van der Waals surface area (Å²) in [7, 11) is 1.59. The number of anilines is 2. The first-order chi connectivity index (χ1) is 12.6. The number of halogens is 1. The lowest BCUT2D eigenvalue weighted by Crippen LogP contribution is -2.22. The zero-order valence-electron chi connectivity index (χ0n) is 13.9. The summed E-state index contributed by atoms with van der Waals surface area (Å²) in [5, 5.41) is 3.25. The van der Waals surface area contributed by atoms with Gasteiger partial charge >= 0.3 is 0 Å². The van der Waals surface area contributed by atoms with Crippen LogP contribution in [0.3, 0.4) is 0 Å². The number of hydrogen-bond acceptors (Lipinski definition) is 4. The van der Waals surface area contributed by atoms with Crippen LogP contribution in [0.15, 0.2) is 65.1 Å². The fourth-order valence-corrected chi connectivity index (χ4v) is 3.64. The van der Waals surface area contributed by atoms with Crippen LogP contribution in [0.25, 0.3) is 0 Å². The Morgan fingerprint density at radius 3 is 2.19 bits per heavy atom. The van der Waals surface area contributed by atoms with Crippen molar-refractivity contribution in [3.63, 3.8) is 0 Å². The van der Waals surface area contributed by atoms with Crippen molar-refractivity contribution in [1.29, 1.82) is 0 Å². The van der Waals surface area contributed by atoms with E-state index in [4.69, 9.17) is 4.74 Å². The monoisotopic (exact) mass is 407 g/mol.